The van der Waals surface area contributed by atoms with Crippen LogP contribution >= 0.6 is 11.6 Å². The first-order chi connectivity index (χ1) is 10.7. The summed E-state index contributed by atoms with van der Waals surface area (Å²) in [6.07, 6.45) is 11.9. The first-order valence-corrected chi connectivity index (χ1v) is 8.76. The fourth-order valence-corrected chi connectivity index (χ4v) is 2.75. The zero-order valence-electron chi connectivity index (χ0n) is 13.5. The van der Waals surface area contributed by atoms with Crippen molar-refractivity contribution in [2.24, 2.45) is 5.16 Å². The van der Waals surface area contributed by atoms with Gasteiger partial charge in [-0.15, -0.1) is 0 Å². The summed E-state index contributed by atoms with van der Waals surface area (Å²) < 4.78 is 0. The molecule has 0 aliphatic heterocycles. The number of aromatic hydroxyl groups is 1. The third kappa shape index (κ3) is 7.17. The molecule has 2 N–H and O–H groups in total. The number of phenols is 1. The van der Waals surface area contributed by atoms with Gasteiger partial charge in [-0.1, -0.05) is 75.0 Å². The molecule has 0 unspecified atom stereocenters. The van der Waals surface area contributed by atoms with E-state index in [0.717, 1.165) is 12.8 Å². The van der Waals surface area contributed by atoms with Gasteiger partial charge in [0.25, 0.3) is 0 Å². The highest BCUT2D eigenvalue weighted by molar-refractivity contribution is 6.31. The molecule has 0 saturated heterocycles. The van der Waals surface area contributed by atoms with Gasteiger partial charge < -0.3 is 10.3 Å². The number of hydrogen-bond donors (Lipinski definition) is 2. The molecule has 0 amide bonds. The molecule has 1 aromatic rings. The third-order valence-corrected chi connectivity index (χ3v) is 4.14. The summed E-state index contributed by atoms with van der Waals surface area (Å²) in [6, 6.07) is 4.78. The highest BCUT2D eigenvalue weighted by Crippen LogP contribution is 2.24. The molecule has 1 aromatic carbocycles. The Morgan fingerprint density at radius 3 is 2.18 bits per heavy atom. The second kappa shape index (κ2) is 11.4. The number of halogens is 1. The van der Waals surface area contributed by atoms with Crippen LogP contribution in [0.5, 0.6) is 5.75 Å². The van der Waals surface area contributed by atoms with Crippen LogP contribution in [0.25, 0.3) is 0 Å². The van der Waals surface area contributed by atoms with Gasteiger partial charge >= 0.3 is 0 Å². The van der Waals surface area contributed by atoms with Crippen molar-refractivity contribution in [3.05, 3.63) is 28.8 Å². The number of rotatable bonds is 11. The Hall–Kier alpha value is -1.22. The molecule has 0 aliphatic rings. The molecule has 22 heavy (non-hydrogen) atoms. The van der Waals surface area contributed by atoms with Crippen molar-refractivity contribution < 1.29 is 10.3 Å². The van der Waals surface area contributed by atoms with Crippen molar-refractivity contribution in [2.45, 2.75) is 71.1 Å². The highest BCUT2D eigenvalue weighted by atomic mass is 35.5. The molecule has 0 spiro atoms. The standard InChI is InChI=1S/C18H28ClNO2/c1-2-3-4-5-6-7-8-9-10-11-17(20-22)16-14-15(19)12-13-18(16)21/h12-14,21-22H,2-11H2,1H3/b20-17+. The minimum Gasteiger partial charge on any atom is -0.507 e. The minimum atomic E-state index is 0.105. The van der Waals surface area contributed by atoms with E-state index in [4.69, 9.17) is 16.8 Å². The summed E-state index contributed by atoms with van der Waals surface area (Å²) in [7, 11) is 0. The normalized spacial score (nSPS) is 11.8. The van der Waals surface area contributed by atoms with Crippen LogP contribution in [0.15, 0.2) is 23.4 Å². The highest BCUT2D eigenvalue weighted by Gasteiger charge is 2.10. The Kier molecular flexibility index (Phi) is 9.72. The lowest BCUT2D eigenvalue weighted by Crippen LogP contribution is -2.01. The van der Waals surface area contributed by atoms with E-state index in [9.17, 15) is 5.11 Å². The lowest BCUT2D eigenvalue weighted by atomic mass is 10.0. The van der Waals surface area contributed by atoms with Crippen LogP contribution in [0.4, 0.5) is 0 Å². The van der Waals surface area contributed by atoms with E-state index in [1.165, 1.54) is 51.0 Å². The second-order valence-electron chi connectivity index (χ2n) is 5.79. The second-order valence-corrected chi connectivity index (χ2v) is 6.22. The monoisotopic (exact) mass is 325 g/mol. The van der Waals surface area contributed by atoms with Gasteiger partial charge in [-0.25, -0.2) is 0 Å². The number of benzene rings is 1. The summed E-state index contributed by atoms with van der Waals surface area (Å²) in [5.41, 5.74) is 1.03. The Morgan fingerprint density at radius 2 is 1.59 bits per heavy atom. The molecular weight excluding hydrogens is 298 g/mol. The van der Waals surface area contributed by atoms with Crippen molar-refractivity contribution in [2.75, 3.05) is 0 Å². The van der Waals surface area contributed by atoms with E-state index < -0.39 is 0 Å². The molecule has 124 valence electrons. The lowest BCUT2D eigenvalue weighted by Gasteiger charge is -2.07. The molecule has 0 saturated carbocycles. The van der Waals surface area contributed by atoms with Gasteiger partial charge in [0.2, 0.25) is 0 Å². The summed E-state index contributed by atoms with van der Waals surface area (Å²) in [5.74, 6) is 0.105. The Morgan fingerprint density at radius 1 is 1.00 bits per heavy atom. The molecule has 0 fully saturated rings. The number of oxime groups is 1. The van der Waals surface area contributed by atoms with Gasteiger partial charge in [0.05, 0.1) is 5.71 Å². The van der Waals surface area contributed by atoms with Crippen molar-refractivity contribution in [1.29, 1.82) is 0 Å². The Balaban J connectivity index is 2.24. The van der Waals surface area contributed by atoms with Gasteiger partial charge in [-0.05, 0) is 31.0 Å². The first-order valence-electron chi connectivity index (χ1n) is 8.38. The zero-order chi connectivity index (χ0) is 16.2. The molecular formula is C18H28ClNO2. The van der Waals surface area contributed by atoms with Crippen LogP contribution in [0.3, 0.4) is 0 Å². The number of nitrogens with zero attached hydrogens (tertiary/aromatic N) is 1. The van der Waals surface area contributed by atoms with Crippen molar-refractivity contribution >= 4 is 17.3 Å². The molecule has 0 aliphatic carbocycles. The Bertz CT molecular complexity index is 460. The van der Waals surface area contributed by atoms with Crippen molar-refractivity contribution in [1.82, 2.24) is 0 Å². The topological polar surface area (TPSA) is 52.8 Å². The van der Waals surface area contributed by atoms with E-state index in [-0.39, 0.29) is 5.75 Å². The summed E-state index contributed by atoms with van der Waals surface area (Å²) in [4.78, 5) is 0. The average molecular weight is 326 g/mol. The van der Waals surface area contributed by atoms with Gasteiger partial charge in [0.15, 0.2) is 0 Å². The number of hydrogen-bond acceptors (Lipinski definition) is 3. The van der Waals surface area contributed by atoms with Crippen LogP contribution in [0.1, 0.15) is 76.7 Å². The van der Waals surface area contributed by atoms with E-state index in [1.54, 1.807) is 12.1 Å². The van der Waals surface area contributed by atoms with Crippen LogP contribution in [-0.2, 0) is 0 Å². The van der Waals surface area contributed by atoms with Gasteiger partial charge in [0, 0.05) is 10.6 Å². The quantitative estimate of drug-likeness (QED) is 0.222. The van der Waals surface area contributed by atoms with Crippen LogP contribution in [0, 0.1) is 0 Å². The predicted octanol–water partition coefficient (Wildman–Crippen LogP) is 6.14. The van der Waals surface area contributed by atoms with E-state index in [0.29, 0.717) is 22.7 Å². The van der Waals surface area contributed by atoms with Crippen LogP contribution in [-0.4, -0.2) is 16.0 Å². The molecule has 0 radical (unpaired) electrons. The van der Waals surface area contributed by atoms with E-state index in [2.05, 4.69) is 12.1 Å². The number of unbranched alkanes of at least 4 members (excludes halogenated alkanes) is 8. The minimum absolute atomic E-state index is 0.105. The summed E-state index contributed by atoms with van der Waals surface area (Å²) in [6.45, 7) is 2.23. The van der Waals surface area contributed by atoms with Gasteiger partial charge in [-0.3, -0.25) is 0 Å². The van der Waals surface area contributed by atoms with Crippen molar-refractivity contribution in [3.63, 3.8) is 0 Å². The van der Waals surface area contributed by atoms with Gasteiger partial charge in [0.1, 0.15) is 5.75 Å². The zero-order valence-corrected chi connectivity index (χ0v) is 14.3. The maximum Gasteiger partial charge on any atom is 0.124 e. The van der Waals surface area contributed by atoms with E-state index in [1.807, 2.05) is 0 Å². The third-order valence-electron chi connectivity index (χ3n) is 3.91. The average Bonchev–Trinajstić information content (AvgIpc) is 2.52. The fraction of sp³-hybridized carbons (Fsp3) is 0.611. The lowest BCUT2D eigenvalue weighted by molar-refractivity contribution is 0.317. The maximum absolute atomic E-state index is 9.83. The van der Waals surface area contributed by atoms with Crippen LogP contribution < -0.4 is 0 Å². The van der Waals surface area contributed by atoms with Crippen molar-refractivity contribution in [3.8, 4) is 5.75 Å². The molecule has 0 atom stereocenters. The molecule has 0 bridgehead atoms. The Labute approximate surface area is 139 Å². The molecule has 3 nitrogen and oxygen atoms in total. The van der Waals surface area contributed by atoms with Gasteiger partial charge in [-0.2, -0.15) is 0 Å². The largest absolute Gasteiger partial charge is 0.507 e. The smallest absolute Gasteiger partial charge is 0.124 e. The predicted molar refractivity (Wildman–Crippen MR) is 93.3 cm³/mol. The summed E-state index contributed by atoms with van der Waals surface area (Å²) >= 11 is 5.92. The van der Waals surface area contributed by atoms with Crippen LogP contribution in [0.2, 0.25) is 5.02 Å². The summed E-state index contributed by atoms with van der Waals surface area (Å²) in [5, 5.41) is 22.8. The maximum atomic E-state index is 9.83. The molecule has 0 aromatic heterocycles. The molecule has 1 rings (SSSR count). The first kappa shape index (κ1) is 18.8. The fourth-order valence-electron chi connectivity index (χ4n) is 2.58. The molecule has 0 heterocycles. The van der Waals surface area contributed by atoms with E-state index >= 15 is 0 Å². The SMILES string of the molecule is CCCCCCCCCCC/C(=N\O)c1cc(Cl)ccc1O. The molecule has 4 heteroatoms. The number of phenolic OH excluding ortho intramolecular Hbond substituents is 1.